The molecule has 0 saturated heterocycles. The molecule has 14 N–H and O–H groups in total. The fraction of sp³-hybridized carbons (Fsp3) is 0.632. The Morgan fingerprint density at radius 2 is 1.44 bits per heavy atom. The highest BCUT2D eigenvalue weighted by atomic mass is 16.4. The fourth-order valence-electron chi connectivity index (χ4n) is 2.81. The molecule has 0 aliphatic rings. The third-order valence-corrected chi connectivity index (χ3v) is 4.66. The third-order valence-electron chi connectivity index (χ3n) is 4.66. The van der Waals surface area contributed by atoms with E-state index in [1.54, 1.807) is 0 Å². The number of carbonyl (C=O) groups excluding carboxylic acids is 4. The van der Waals surface area contributed by atoms with Crippen LogP contribution in [0, 0.1) is 0 Å². The monoisotopic (exact) mass is 518 g/mol. The van der Waals surface area contributed by atoms with Gasteiger partial charge in [0.1, 0.15) is 18.1 Å². The van der Waals surface area contributed by atoms with Gasteiger partial charge >= 0.3 is 11.9 Å². The van der Waals surface area contributed by atoms with Gasteiger partial charge in [-0.3, -0.25) is 29.0 Å². The second-order valence-electron chi connectivity index (χ2n) is 7.85. The van der Waals surface area contributed by atoms with E-state index in [1.165, 1.54) is 6.92 Å². The van der Waals surface area contributed by atoms with Crippen LogP contribution in [-0.4, -0.2) is 93.7 Å². The number of aliphatic carboxylic acids is 2. The van der Waals surface area contributed by atoms with Crippen LogP contribution in [0.2, 0.25) is 0 Å². The first-order chi connectivity index (χ1) is 16.6. The number of rotatable bonds is 17. The maximum absolute atomic E-state index is 12.8. The molecule has 0 heterocycles. The van der Waals surface area contributed by atoms with Crippen LogP contribution in [-0.2, 0) is 28.8 Å². The lowest BCUT2D eigenvalue weighted by Gasteiger charge is -2.26. The van der Waals surface area contributed by atoms with Crippen molar-refractivity contribution in [2.45, 2.75) is 69.3 Å². The molecule has 0 bridgehead atoms. The molecule has 0 saturated carbocycles. The molecule has 204 valence electrons. The topological polar surface area (TPSA) is 316 Å². The number of hydrogen-bond acceptors (Lipinski definition) is 9. The Kier molecular flexibility index (Phi) is 14.1. The van der Waals surface area contributed by atoms with Crippen molar-refractivity contribution < 1.29 is 44.1 Å². The minimum Gasteiger partial charge on any atom is -0.481 e. The summed E-state index contributed by atoms with van der Waals surface area (Å²) >= 11 is 0. The first-order valence-electron chi connectivity index (χ1n) is 10.8. The molecule has 0 aromatic rings. The maximum Gasteiger partial charge on any atom is 0.326 e. The third kappa shape index (κ3) is 13.0. The Morgan fingerprint density at radius 3 is 1.92 bits per heavy atom. The molecule has 17 heteroatoms. The van der Waals surface area contributed by atoms with Crippen molar-refractivity contribution in [1.82, 2.24) is 16.0 Å². The highest BCUT2D eigenvalue weighted by Gasteiger charge is 2.32. The molecule has 0 rings (SSSR count). The normalized spacial score (nSPS) is 14.8. The number of primary amides is 1. The fourth-order valence-corrected chi connectivity index (χ4v) is 2.81. The van der Waals surface area contributed by atoms with Gasteiger partial charge in [-0.2, -0.15) is 0 Å². The summed E-state index contributed by atoms with van der Waals surface area (Å²) in [6.07, 6.45) is -2.90. The van der Waals surface area contributed by atoms with Crippen molar-refractivity contribution in [3.8, 4) is 0 Å². The summed E-state index contributed by atoms with van der Waals surface area (Å²) in [5.41, 5.74) is 21.0. The van der Waals surface area contributed by atoms with Gasteiger partial charge in [0.05, 0.1) is 18.6 Å². The molecule has 0 radical (unpaired) electrons. The molecule has 36 heavy (non-hydrogen) atoms. The molecular weight excluding hydrogens is 484 g/mol. The van der Waals surface area contributed by atoms with Crippen LogP contribution < -0.4 is 38.9 Å². The average Bonchev–Trinajstić information content (AvgIpc) is 2.75. The van der Waals surface area contributed by atoms with Crippen LogP contribution in [0.3, 0.4) is 0 Å². The second-order valence-corrected chi connectivity index (χ2v) is 7.85. The Bertz CT molecular complexity index is 845. The molecule has 0 fully saturated rings. The number of aliphatic hydroxyl groups is 1. The van der Waals surface area contributed by atoms with Crippen molar-refractivity contribution >= 4 is 41.5 Å². The predicted molar refractivity (Wildman–Crippen MR) is 124 cm³/mol. The summed E-state index contributed by atoms with van der Waals surface area (Å²) in [4.78, 5) is 74.6. The number of carboxylic acid groups (broad SMARTS) is 2. The Labute approximate surface area is 206 Å². The Hall–Kier alpha value is -3.99. The molecular formula is C19H34N8O9. The van der Waals surface area contributed by atoms with Crippen LogP contribution in [0.1, 0.15) is 39.0 Å². The summed E-state index contributed by atoms with van der Waals surface area (Å²) in [7, 11) is 0. The molecule has 0 aromatic carbocycles. The number of aliphatic hydroxyl groups excluding tert-OH is 1. The van der Waals surface area contributed by atoms with Gasteiger partial charge in [0, 0.05) is 13.0 Å². The first-order valence-corrected chi connectivity index (χ1v) is 10.8. The summed E-state index contributed by atoms with van der Waals surface area (Å²) in [6, 6.07) is -5.95. The maximum atomic E-state index is 12.8. The van der Waals surface area contributed by atoms with Crippen LogP contribution in [0.4, 0.5) is 0 Å². The van der Waals surface area contributed by atoms with E-state index < -0.39 is 85.1 Å². The zero-order valence-electron chi connectivity index (χ0n) is 19.7. The first kappa shape index (κ1) is 32.0. The molecule has 0 aliphatic heterocycles. The van der Waals surface area contributed by atoms with Crippen molar-refractivity contribution in [1.29, 1.82) is 0 Å². The van der Waals surface area contributed by atoms with Gasteiger partial charge in [-0.05, 0) is 26.2 Å². The number of aliphatic imine (C=N–C) groups is 1. The largest absolute Gasteiger partial charge is 0.481 e. The molecule has 4 amide bonds. The number of guanidine groups is 1. The zero-order valence-corrected chi connectivity index (χ0v) is 19.7. The Morgan fingerprint density at radius 1 is 0.861 bits per heavy atom. The van der Waals surface area contributed by atoms with Crippen molar-refractivity contribution in [3.63, 3.8) is 0 Å². The lowest BCUT2D eigenvalue weighted by molar-refractivity contribution is -0.143. The number of nitrogens with zero attached hydrogens (tertiary/aromatic N) is 1. The summed E-state index contributed by atoms with van der Waals surface area (Å²) in [6.45, 7) is 1.23. The second kappa shape index (κ2) is 15.8. The smallest absolute Gasteiger partial charge is 0.326 e. The summed E-state index contributed by atoms with van der Waals surface area (Å²) < 4.78 is 0. The highest BCUT2D eigenvalue weighted by molar-refractivity contribution is 5.95. The van der Waals surface area contributed by atoms with E-state index in [-0.39, 0.29) is 25.3 Å². The average molecular weight is 519 g/mol. The standard InChI is InChI=1S/C19H34N8O9/c1-8(28)14(27-15(32)9(20)7-12(21)29)17(34)25-10(3-2-6-24-19(22)23)16(33)26-11(18(35)36)4-5-13(30)31/h8-11,14,28H,2-7,20H2,1H3,(H2,21,29)(H,25,34)(H,26,33)(H,27,32)(H,30,31)(H,35,36)(H4,22,23,24). The van der Waals surface area contributed by atoms with Gasteiger partial charge in [-0.15, -0.1) is 0 Å². The van der Waals surface area contributed by atoms with Gasteiger partial charge in [0.15, 0.2) is 5.96 Å². The van der Waals surface area contributed by atoms with E-state index in [0.717, 1.165) is 0 Å². The van der Waals surface area contributed by atoms with Gasteiger partial charge in [0.2, 0.25) is 23.6 Å². The lowest BCUT2D eigenvalue weighted by Crippen LogP contribution is -2.60. The Balaban J connectivity index is 5.60. The molecule has 0 spiro atoms. The van der Waals surface area contributed by atoms with Gasteiger partial charge < -0.3 is 54.2 Å². The summed E-state index contributed by atoms with van der Waals surface area (Å²) in [5, 5.41) is 34.7. The number of nitrogens with two attached hydrogens (primary N) is 4. The van der Waals surface area contributed by atoms with Crippen molar-refractivity contribution in [3.05, 3.63) is 0 Å². The molecule has 5 atom stereocenters. The van der Waals surface area contributed by atoms with E-state index in [9.17, 15) is 39.0 Å². The number of hydrogen-bond donors (Lipinski definition) is 10. The van der Waals surface area contributed by atoms with Crippen LogP contribution >= 0.6 is 0 Å². The van der Waals surface area contributed by atoms with Crippen LogP contribution in [0.5, 0.6) is 0 Å². The minimum absolute atomic E-state index is 0.0574. The van der Waals surface area contributed by atoms with E-state index in [0.29, 0.717) is 0 Å². The van der Waals surface area contributed by atoms with Crippen LogP contribution in [0.15, 0.2) is 4.99 Å². The molecule has 0 aliphatic carbocycles. The zero-order chi connectivity index (χ0) is 28.0. The van der Waals surface area contributed by atoms with Gasteiger partial charge in [-0.25, -0.2) is 4.79 Å². The van der Waals surface area contributed by atoms with Gasteiger partial charge in [0.25, 0.3) is 0 Å². The SMILES string of the molecule is CC(O)C(NC(=O)C(N)CC(N)=O)C(=O)NC(CCCN=C(N)N)C(=O)NC(CCC(=O)O)C(=O)O. The van der Waals surface area contributed by atoms with Crippen molar-refractivity contribution in [2.75, 3.05) is 6.54 Å². The van der Waals surface area contributed by atoms with Gasteiger partial charge in [-0.1, -0.05) is 0 Å². The number of carbonyl (C=O) groups is 6. The van der Waals surface area contributed by atoms with E-state index in [4.69, 9.17) is 28.0 Å². The summed E-state index contributed by atoms with van der Waals surface area (Å²) in [5.74, 6) is -6.82. The molecule has 0 aromatic heterocycles. The van der Waals surface area contributed by atoms with E-state index in [2.05, 4.69) is 20.9 Å². The van der Waals surface area contributed by atoms with E-state index in [1.807, 2.05) is 0 Å². The van der Waals surface area contributed by atoms with Crippen molar-refractivity contribution in [2.24, 2.45) is 27.9 Å². The quantitative estimate of drug-likeness (QED) is 0.0491. The predicted octanol–water partition coefficient (Wildman–Crippen LogP) is -4.97. The number of carboxylic acids is 2. The number of nitrogens with one attached hydrogen (secondary N) is 3. The minimum atomic E-state index is -1.60. The van der Waals surface area contributed by atoms with E-state index >= 15 is 0 Å². The lowest BCUT2D eigenvalue weighted by atomic mass is 10.1. The molecule has 5 unspecified atom stereocenters. The number of amides is 4. The highest BCUT2D eigenvalue weighted by Crippen LogP contribution is 2.05. The van der Waals surface area contributed by atoms with Crippen LogP contribution in [0.25, 0.3) is 0 Å². The molecule has 17 nitrogen and oxygen atoms in total.